The highest BCUT2D eigenvalue weighted by Gasteiger charge is 2.22. The van der Waals surface area contributed by atoms with Gasteiger partial charge in [0.05, 0.1) is 63.2 Å². The number of quaternary nitrogens is 1. The van der Waals surface area contributed by atoms with Crippen LogP contribution in [0.15, 0.2) is 42.5 Å². The van der Waals surface area contributed by atoms with Gasteiger partial charge in [0.15, 0.2) is 0 Å². The Balaban J connectivity index is 1.80. The van der Waals surface area contributed by atoms with E-state index < -0.39 is 5.97 Å². The third kappa shape index (κ3) is 5.49. The molecule has 0 bridgehead atoms. The summed E-state index contributed by atoms with van der Waals surface area (Å²) in [4.78, 5) is 28.5. The van der Waals surface area contributed by atoms with E-state index in [1.54, 1.807) is 29.2 Å². The van der Waals surface area contributed by atoms with Crippen molar-refractivity contribution in [3.8, 4) is 0 Å². The first-order valence-electron chi connectivity index (χ1n) is 9.85. The van der Waals surface area contributed by atoms with Crippen LogP contribution in [0.1, 0.15) is 22.8 Å². The largest absolute Gasteiger partial charge is 0.465 e. The molecule has 0 radical (unpaired) electrons. The zero-order valence-corrected chi connectivity index (χ0v) is 17.6. The first kappa shape index (κ1) is 21.1. The molecule has 2 aromatic rings. The van der Waals surface area contributed by atoms with E-state index in [4.69, 9.17) is 16.3 Å². The highest BCUT2D eigenvalue weighted by molar-refractivity contribution is 6.30. The summed E-state index contributed by atoms with van der Waals surface area (Å²) >= 11 is 5.91. The van der Waals surface area contributed by atoms with E-state index in [0.29, 0.717) is 16.3 Å². The van der Waals surface area contributed by atoms with E-state index in [0.717, 1.165) is 44.0 Å². The Morgan fingerprint density at radius 2 is 1.83 bits per heavy atom. The van der Waals surface area contributed by atoms with Crippen LogP contribution in [0, 0.1) is 0 Å². The van der Waals surface area contributed by atoms with Crippen LogP contribution in [0.25, 0.3) is 0 Å². The minimum Gasteiger partial charge on any atom is -0.465 e. The third-order valence-electron chi connectivity index (χ3n) is 5.28. The topological polar surface area (TPSA) is 63.1 Å². The number of halogens is 1. The van der Waals surface area contributed by atoms with Gasteiger partial charge in [-0.15, -0.1) is 0 Å². The fraction of sp³-hybridized carbons (Fsp3) is 0.364. The molecule has 1 aliphatic rings. The van der Waals surface area contributed by atoms with Crippen LogP contribution >= 0.6 is 11.6 Å². The zero-order chi connectivity index (χ0) is 20.8. The Bertz CT molecular complexity index is 862. The number of carbonyl (C=O) groups is 2. The van der Waals surface area contributed by atoms with Crippen molar-refractivity contribution in [1.29, 1.82) is 0 Å². The summed E-state index contributed by atoms with van der Waals surface area (Å²) < 4.78 is 4.84. The second-order valence-electron chi connectivity index (χ2n) is 7.17. The standard InChI is InChI=1S/C22H26ClN3O3/c1-3-25-10-12-26(13-11-25)20-9-6-17(22(28)29-2)15-19(20)24-21(27)14-16-4-7-18(23)8-5-16/h4-9,15H,3,10-14H2,1-2H3,(H,24,27)/p+1. The quantitative estimate of drug-likeness (QED) is 0.707. The van der Waals surface area contributed by atoms with Crippen molar-refractivity contribution in [3.05, 3.63) is 58.6 Å². The molecule has 29 heavy (non-hydrogen) atoms. The average molecular weight is 417 g/mol. The first-order chi connectivity index (χ1) is 14.0. The number of likely N-dealkylation sites (N-methyl/N-ethyl adjacent to an activating group) is 1. The Morgan fingerprint density at radius 3 is 2.45 bits per heavy atom. The Morgan fingerprint density at radius 1 is 1.14 bits per heavy atom. The molecule has 0 saturated carbocycles. The van der Waals surface area contributed by atoms with E-state index in [2.05, 4.69) is 17.1 Å². The molecule has 2 N–H and O–H groups in total. The lowest BCUT2D eigenvalue weighted by molar-refractivity contribution is -0.898. The SMILES string of the molecule is CC[NH+]1CCN(c2ccc(C(=O)OC)cc2NC(=O)Cc2ccc(Cl)cc2)CC1. The summed E-state index contributed by atoms with van der Waals surface area (Å²) in [6, 6.07) is 12.5. The van der Waals surface area contributed by atoms with Crippen LogP contribution in [-0.4, -0.2) is 51.7 Å². The fourth-order valence-electron chi connectivity index (χ4n) is 3.56. The number of nitrogens with zero attached hydrogens (tertiary/aromatic N) is 1. The molecule has 154 valence electrons. The predicted octanol–water partition coefficient (Wildman–Crippen LogP) is 2.03. The number of piperazine rings is 1. The number of hydrogen-bond acceptors (Lipinski definition) is 4. The summed E-state index contributed by atoms with van der Waals surface area (Å²) in [5.41, 5.74) is 2.85. The summed E-state index contributed by atoms with van der Waals surface area (Å²) in [6.45, 7) is 7.21. The van der Waals surface area contributed by atoms with Crippen molar-refractivity contribution in [1.82, 2.24) is 0 Å². The van der Waals surface area contributed by atoms with Crippen LogP contribution in [-0.2, 0) is 16.0 Å². The van der Waals surface area contributed by atoms with Gasteiger partial charge in [-0.1, -0.05) is 23.7 Å². The summed E-state index contributed by atoms with van der Waals surface area (Å²) in [5, 5.41) is 3.62. The van der Waals surface area contributed by atoms with Crippen LogP contribution < -0.4 is 15.1 Å². The van der Waals surface area contributed by atoms with Crippen molar-refractivity contribution < 1.29 is 19.2 Å². The Kier molecular flexibility index (Phi) is 7.12. The van der Waals surface area contributed by atoms with Gasteiger partial charge in [-0.05, 0) is 42.8 Å². The maximum Gasteiger partial charge on any atom is 0.337 e. The van der Waals surface area contributed by atoms with Gasteiger partial charge < -0.3 is 19.9 Å². The molecule has 3 rings (SSSR count). The van der Waals surface area contributed by atoms with Gasteiger partial charge in [-0.2, -0.15) is 0 Å². The average Bonchev–Trinajstić information content (AvgIpc) is 2.75. The molecule has 2 aromatic carbocycles. The van der Waals surface area contributed by atoms with Gasteiger partial charge >= 0.3 is 5.97 Å². The van der Waals surface area contributed by atoms with E-state index in [-0.39, 0.29) is 12.3 Å². The number of methoxy groups -OCH3 is 1. The van der Waals surface area contributed by atoms with Crippen LogP contribution in [0.4, 0.5) is 11.4 Å². The van der Waals surface area contributed by atoms with Gasteiger partial charge in [0.2, 0.25) is 5.91 Å². The number of benzene rings is 2. The number of anilines is 2. The molecule has 1 fully saturated rings. The molecule has 1 heterocycles. The van der Waals surface area contributed by atoms with Crippen molar-refractivity contribution in [2.75, 3.05) is 50.1 Å². The second-order valence-corrected chi connectivity index (χ2v) is 7.60. The van der Waals surface area contributed by atoms with E-state index in [9.17, 15) is 9.59 Å². The number of ether oxygens (including phenoxy) is 1. The molecule has 1 saturated heterocycles. The number of carbonyl (C=O) groups excluding carboxylic acids is 2. The predicted molar refractivity (Wildman–Crippen MR) is 115 cm³/mol. The lowest BCUT2D eigenvalue weighted by Gasteiger charge is -2.34. The van der Waals surface area contributed by atoms with Crippen LogP contribution in [0.5, 0.6) is 0 Å². The lowest BCUT2D eigenvalue weighted by Crippen LogP contribution is -3.14. The van der Waals surface area contributed by atoms with Crippen LogP contribution in [0.3, 0.4) is 0 Å². The van der Waals surface area contributed by atoms with E-state index in [1.807, 2.05) is 18.2 Å². The lowest BCUT2D eigenvalue weighted by atomic mass is 10.1. The minimum absolute atomic E-state index is 0.145. The minimum atomic E-state index is -0.426. The van der Waals surface area contributed by atoms with Gasteiger partial charge in [0, 0.05) is 5.02 Å². The van der Waals surface area contributed by atoms with Crippen molar-refractivity contribution in [3.63, 3.8) is 0 Å². The molecule has 1 amide bonds. The van der Waals surface area contributed by atoms with E-state index in [1.165, 1.54) is 7.11 Å². The monoisotopic (exact) mass is 416 g/mol. The molecular weight excluding hydrogens is 390 g/mol. The molecule has 6 nitrogen and oxygen atoms in total. The molecule has 0 aromatic heterocycles. The highest BCUT2D eigenvalue weighted by Crippen LogP contribution is 2.28. The number of rotatable bonds is 6. The maximum absolute atomic E-state index is 12.7. The molecule has 1 aliphatic heterocycles. The third-order valence-corrected chi connectivity index (χ3v) is 5.53. The summed E-state index contributed by atoms with van der Waals surface area (Å²) in [6.07, 6.45) is 0.229. The van der Waals surface area contributed by atoms with Gasteiger partial charge in [0.1, 0.15) is 0 Å². The molecule has 0 spiro atoms. The second kappa shape index (κ2) is 9.76. The van der Waals surface area contributed by atoms with Crippen molar-refractivity contribution in [2.45, 2.75) is 13.3 Å². The number of nitrogens with one attached hydrogen (secondary N) is 2. The smallest absolute Gasteiger partial charge is 0.337 e. The molecule has 0 aliphatic carbocycles. The zero-order valence-electron chi connectivity index (χ0n) is 16.8. The van der Waals surface area contributed by atoms with Crippen molar-refractivity contribution in [2.24, 2.45) is 0 Å². The van der Waals surface area contributed by atoms with Crippen molar-refractivity contribution >= 4 is 34.9 Å². The maximum atomic E-state index is 12.7. The number of hydrogen-bond donors (Lipinski definition) is 2. The molecule has 0 unspecified atom stereocenters. The number of esters is 1. The normalized spacial score (nSPS) is 14.5. The van der Waals surface area contributed by atoms with Gasteiger partial charge in [-0.3, -0.25) is 4.79 Å². The van der Waals surface area contributed by atoms with Crippen LogP contribution in [0.2, 0.25) is 5.02 Å². The fourth-order valence-corrected chi connectivity index (χ4v) is 3.68. The summed E-state index contributed by atoms with van der Waals surface area (Å²) in [5.74, 6) is -0.571. The molecule has 0 atom stereocenters. The Hall–Kier alpha value is -2.57. The van der Waals surface area contributed by atoms with Gasteiger partial charge in [0.25, 0.3) is 0 Å². The van der Waals surface area contributed by atoms with Gasteiger partial charge in [-0.25, -0.2) is 4.79 Å². The molecular formula is C22H27ClN3O3+. The first-order valence-corrected chi connectivity index (χ1v) is 10.2. The number of amides is 1. The highest BCUT2D eigenvalue weighted by atomic mass is 35.5. The molecule has 7 heteroatoms. The summed E-state index contributed by atoms with van der Waals surface area (Å²) in [7, 11) is 1.35. The Labute approximate surface area is 176 Å². The van der Waals surface area contributed by atoms with E-state index >= 15 is 0 Å².